The van der Waals surface area contributed by atoms with Gasteiger partial charge in [0.25, 0.3) is 0 Å². The van der Waals surface area contributed by atoms with E-state index in [0.29, 0.717) is 0 Å². The van der Waals surface area contributed by atoms with Gasteiger partial charge in [-0.05, 0) is 40.7 Å². The van der Waals surface area contributed by atoms with Crippen LogP contribution in [0.4, 0.5) is 5.69 Å². The summed E-state index contributed by atoms with van der Waals surface area (Å²) in [6.07, 6.45) is 1.86. The number of aromatic hydroxyl groups is 1. The summed E-state index contributed by atoms with van der Waals surface area (Å²) in [6.45, 7) is 6.95. The zero-order chi connectivity index (χ0) is 21.1. The predicted octanol–water partition coefficient (Wildman–Crippen LogP) is 6.35. The molecule has 4 rings (SSSR count). The molecular formula is C26H26N2OSi. The van der Waals surface area contributed by atoms with E-state index < -0.39 is 8.07 Å². The normalized spacial score (nSPS) is 11.8. The third-order valence-electron chi connectivity index (χ3n) is 5.13. The maximum Gasteiger partial charge on any atom is 0.131 e. The van der Waals surface area contributed by atoms with Crippen molar-refractivity contribution in [2.24, 2.45) is 4.99 Å². The van der Waals surface area contributed by atoms with Crippen LogP contribution in [0.5, 0.6) is 5.75 Å². The van der Waals surface area contributed by atoms with Crippen LogP contribution in [0.2, 0.25) is 19.6 Å². The summed E-state index contributed by atoms with van der Waals surface area (Å²) >= 11 is 0. The van der Waals surface area contributed by atoms with Gasteiger partial charge in [0.1, 0.15) is 5.75 Å². The Morgan fingerprint density at radius 2 is 1.30 bits per heavy atom. The highest BCUT2D eigenvalue weighted by molar-refractivity contribution is 6.88. The van der Waals surface area contributed by atoms with Gasteiger partial charge in [-0.15, -0.1) is 0 Å². The molecule has 30 heavy (non-hydrogen) atoms. The van der Waals surface area contributed by atoms with Crippen LogP contribution in [0.3, 0.4) is 0 Å². The van der Waals surface area contributed by atoms with Crippen LogP contribution in [-0.2, 0) is 0 Å². The van der Waals surface area contributed by atoms with Crippen molar-refractivity contribution in [2.45, 2.75) is 19.6 Å². The van der Waals surface area contributed by atoms with Crippen molar-refractivity contribution in [1.29, 1.82) is 0 Å². The van der Waals surface area contributed by atoms with Crippen molar-refractivity contribution in [2.75, 3.05) is 0 Å². The van der Waals surface area contributed by atoms with Crippen LogP contribution in [0, 0.1) is 0 Å². The Hall–Kier alpha value is -3.37. The summed E-state index contributed by atoms with van der Waals surface area (Å²) in [7, 11) is -1.38. The number of aromatic nitrogens is 1. The Morgan fingerprint density at radius 3 is 1.77 bits per heavy atom. The summed E-state index contributed by atoms with van der Waals surface area (Å²) < 4.78 is 0. The first kappa shape index (κ1) is 19.9. The molecule has 3 nitrogen and oxygen atoms in total. The van der Waals surface area contributed by atoms with Crippen molar-refractivity contribution in [3.05, 3.63) is 90.6 Å². The monoisotopic (exact) mass is 410 g/mol. The largest absolute Gasteiger partial charge is 0.507 e. The van der Waals surface area contributed by atoms with E-state index in [1.165, 1.54) is 5.32 Å². The van der Waals surface area contributed by atoms with E-state index in [1.807, 2.05) is 79.0 Å². The Morgan fingerprint density at radius 1 is 0.767 bits per heavy atom. The molecule has 0 bridgehead atoms. The number of aromatic amines is 1. The first-order valence-corrected chi connectivity index (χ1v) is 13.6. The Bertz CT molecular complexity index is 1110. The summed E-state index contributed by atoms with van der Waals surface area (Å²) in [6, 6.07) is 28.0. The molecule has 0 aliphatic rings. The van der Waals surface area contributed by atoms with E-state index >= 15 is 0 Å². The minimum atomic E-state index is -1.38. The average Bonchev–Trinajstić information content (AvgIpc) is 3.24. The molecule has 0 amide bonds. The van der Waals surface area contributed by atoms with Crippen molar-refractivity contribution >= 4 is 25.3 Å². The highest BCUT2D eigenvalue weighted by Gasteiger charge is 2.18. The SMILES string of the molecule is C[Si](C)(C)c1ccc(C=Nc2cc(-c3ccccc3)c(O)c(-c3ccccc3)c2)[nH]1. The lowest BCUT2D eigenvalue weighted by molar-refractivity contribution is 0.479. The average molecular weight is 411 g/mol. The van der Waals surface area contributed by atoms with Gasteiger partial charge in [-0.3, -0.25) is 4.99 Å². The van der Waals surface area contributed by atoms with E-state index in [9.17, 15) is 5.11 Å². The summed E-state index contributed by atoms with van der Waals surface area (Å²) in [5.41, 5.74) is 5.27. The zero-order valence-electron chi connectivity index (χ0n) is 17.6. The first-order valence-electron chi connectivity index (χ1n) is 10.1. The van der Waals surface area contributed by atoms with Crippen LogP contribution in [0.1, 0.15) is 5.69 Å². The van der Waals surface area contributed by atoms with Gasteiger partial charge in [-0.1, -0.05) is 80.3 Å². The zero-order valence-corrected chi connectivity index (χ0v) is 18.6. The molecule has 4 heteroatoms. The second kappa shape index (κ2) is 8.17. The maximum absolute atomic E-state index is 11.0. The van der Waals surface area contributed by atoms with Gasteiger partial charge >= 0.3 is 0 Å². The Kier molecular flexibility index (Phi) is 5.42. The summed E-state index contributed by atoms with van der Waals surface area (Å²) in [5, 5.41) is 12.4. The fraction of sp³-hybridized carbons (Fsp3) is 0.115. The molecule has 0 aliphatic carbocycles. The first-order chi connectivity index (χ1) is 14.4. The number of benzene rings is 3. The maximum atomic E-state index is 11.0. The number of hydrogen-bond donors (Lipinski definition) is 2. The van der Waals surface area contributed by atoms with E-state index in [2.05, 4.69) is 36.8 Å². The number of H-pyrrole nitrogens is 1. The van der Waals surface area contributed by atoms with Crippen LogP contribution in [-0.4, -0.2) is 24.4 Å². The van der Waals surface area contributed by atoms with Crippen LogP contribution in [0.15, 0.2) is 89.9 Å². The minimum Gasteiger partial charge on any atom is -0.507 e. The number of nitrogens with zero attached hydrogens (tertiary/aromatic N) is 1. The number of phenolic OH excluding ortho intramolecular Hbond substituents is 1. The molecule has 0 aliphatic heterocycles. The number of nitrogens with one attached hydrogen (secondary N) is 1. The molecule has 3 aromatic carbocycles. The molecule has 150 valence electrons. The highest BCUT2D eigenvalue weighted by Crippen LogP contribution is 2.41. The molecule has 0 radical (unpaired) electrons. The summed E-state index contributed by atoms with van der Waals surface area (Å²) in [5.74, 6) is 0.271. The molecule has 1 heterocycles. The minimum absolute atomic E-state index is 0.271. The van der Waals surface area contributed by atoms with Crippen LogP contribution in [0.25, 0.3) is 22.3 Å². The summed E-state index contributed by atoms with van der Waals surface area (Å²) in [4.78, 5) is 8.22. The highest BCUT2D eigenvalue weighted by atomic mass is 28.3. The van der Waals surface area contributed by atoms with E-state index in [-0.39, 0.29) is 5.75 Å². The number of phenols is 1. The van der Waals surface area contributed by atoms with Crippen molar-refractivity contribution < 1.29 is 5.11 Å². The Labute approximate surface area is 178 Å². The van der Waals surface area contributed by atoms with E-state index in [1.54, 1.807) is 0 Å². The number of hydrogen-bond acceptors (Lipinski definition) is 2. The van der Waals surface area contributed by atoms with Gasteiger partial charge in [0.05, 0.1) is 25.7 Å². The van der Waals surface area contributed by atoms with Gasteiger partial charge < -0.3 is 10.1 Å². The lowest BCUT2D eigenvalue weighted by Gasteiger charge is -2.13. The quantitative estimate of drug-likeness (QED) is 0.292. The van der Waals surface area contributed by atoms with E-state index in [4.69, 9.17) is 4.99 Å². The molecule has 2 N–H and O–H groups in total. The smallest absolute Gasteiger partial charge is 0.131 e. The second-order valence-electron chi connectivity index (χ2n) is 8.46. The lowest BCUT2D eigenvalue weighted by Crippen LogP contribution is -2.38. The molecule has 4 aromatic rings. The van der Waals surface area contributed by atoms with Gasteiger partial charge in [0, 0.05) is 11.1 Å². The molecule has 0 atom stereocenters. The van der Waals surface area contributed by atoms with Gasteiger partial charge in [-0.25, -0.2) is 0 Å². The van der Waals surface area contributed by atoms with Gasteiger partial charge in [0.15, 0.2) is 0 Å². The third-order valence-corrected chi connectivity index (χ3v) is 7.04. The number of rotatable bonds is 5. The number of aliphatic imine (C=N–C) groups is 1. The van der Waals surface area contributed by atoms with Crippen molar-refractivity contribution in [3.63, 3.8) is 0 Å². The van der Waals surface area contributed by atoms with Crippen molar-refractivity contribution in [3.8, 4) is 28.0 Å². The Balaban J connectivity index is 1.79. The predicted molar refractivity (Wildman–Crippen MR) is 130 cm³/mol. The molecule has 0 spiro atoms. The third kappa shape index (κ3) is 4.29. The standard InChI is InChI=1S/C26H26N2OSi/c1-30(2,3)25-15-14-21(28-25)18-27-22-16-23(19-10-6-4-7-11-19)26(29)24(17-22)20-12-8-5-9-13-20/h4-18,28-29H,1-3H3. The fourth-order valence-corrected chi connectivity index (χ4v) is 4.54. The molecule has 0 fully saturated rings. The molecule has 0 saturated carbocycles. The topological polar surface area (TPSA) is 48.4 Å². The van der Waals surface area contributed by atoms with Crippen molar-refractivity contribution in [1.82, 2.24) is 4.98 Å². The molecular weight excluding hydrogens is 384 g/mol. The van der Waals surface area contributed by atoms with E-state index in [0.717, 1.165) is 33.6 Å². The molecule has 1 aromatic heterocycles. The lowest BCUT2D eigenvalue weighted by atomic mass is 9.96. The molecule has 0 unspecified atom stereocenters. The van der Waals surface area contributed by atoms with Crippen LogP contribution < -0.4 is 5.32 Å². The second-order valence-corrected chi connectivity index (χ2v) is 13.5. The fourth-order valence-electron chi connectivity index (χ4n) is 3.44. The van der Waals surface area contributed by atoms with Gasteiger partial charge in [0.2, 0.25) is 0 Å². The molecule has 0 saturated heterocycles. The van der Waals surface area contributed by atoms with Gasteiger partial charge in [-0.2, -0.15) is 0 Å². The van der Waals surface area contributed by atoms with Crippen LogP contribution >= 0.6 is 0 Å².